The van der Waals surface area contributed by atoms with Crippen LogP contribution in [0, 0.1) is 5.92 Å². The Kier molecular flexibility index (Phi) is 7.15. The fourth-order valence-electron chi connectivity index (χ4n) is 5.43. The molecular weight excluding hydrogens is 488 g/mol. The molecule has 3 aromatic rings. The average Bonchev–Trinajstić information content (AvgIpc) is 3.56. The number of benzene rings is 2. The van der Waals surface area contributed by atoms with Gasteiger partial charge in [-0.15, -0.1) is 0 Å². The number of carbonyl (C=O) groups excluding carboxylic acids is 4. The molecule has 1 aromatic heterocycles. The molecule has 3 heterocycles. The van der Waals surface area contributed by atoms with Gasteiger partial charge in [0.1, 0.15) is 24.1 Å². The van der Waals surface area contributed by atoms with Crippen LogP contribution in [0.25, 0.3) is 10.9 Å². The van der Waals surface area contributed by atoms with Crippen LogP contribution in [0.3, 0.4) is 0 Å². The SMILES string of the molecule is COc1cccc2[nH]c(C(=O)N3CCc4ccccc4C3C(=O)NC(CC3CCNC3=O)C(=O)CO)cc12. The minimum Gasteiger partial charge on any atom is -0.496 e. The highest BCUT2D eigenvalue weighted by atomic mass is 16.5. The van der Waals surface area contributed by atoms with Crippen molar-refractivity contribution in [3.63, 3.8) is 0 Å². The Hall–Kier alpha value is -4.18. The quantitative estimate of drug-likeness (QED) is 0.356. The molecule has 2 aromatic carbocycles. The van der Waals surface area contributed by atoms with Gasteiger partial charge in [0.05, 0.1) is 13.2 Å². The lowest BCUT2D eigenvalue weighted by atomic mass is 9.90. The maximum Gasteiger partial charge on any atom is 0.271 e. The number of hydrogen-bond donors (Lipinski definition) is 4. The third-order valence-corrected chi connectivity index (χ3v) is 7.41. The van der Waals surface area contributed by atoms with Crippen LogP contribution in [-0.2, 0) is 20.8 Å². The number of ether oxygens (including phenoxy) is 1. The fourth-order valence-corrected chi connectivity index (χ4v) is 5.43. The number of carbonyl (C=O) groups is 4. The minimum absolute atomic E-state index is 0.0844. The van der Waals surface area contributed by atoms with E-state index in [1.807, 2.05) is 24.3 Å². The Labute approximate surface area is 219 Å². The molecule has 10 nitrogen and oxygen atoms in total. The lowest BCUT2D eigenvalue weighted by molar-refractivity contribution is -0.133. The normalized spacial score (nSPS) is 19.5. The number of Topliss-reactive ketones (excluding diaryl/α,β-unsaturated/α-hetero) is 1. The Morgan fingerprint density at radius 3 is 2.74 bits per heavy atom. The average molecular weight is 519 g/mol. The summed E-state index contributed by atoms with van der Waals surface area (Å²) in [5, 5.41) is 15.8. The Morgan fingerprint density at radius 1 is 1.18 bits per heavy atom. The first kappa shape index (κ1) is 25.5. The summed E-state index contributed by atoms with van der Waals surface area (Å²) in [5.41, 5.74) is 2.66. The van der Waals surface area contributed by atoms with Crippen molar-refractivity contribution < 1.29 is 29.0 Å². The summed E-state index contributed by atoms with van der Waals surface area (Å²) in [6, 6.07) is 12.6. The number of aliphatic hydroxyl groups is 1. The van der Waals surface area contributed by atoms with E-state index in [0.29, 0.717) is 42.9 Å². The van der Waals surface area contributed by atoms with Crippen molar-refractivity contribution in [3.8, 4) is 5.75 Å². The summed E-state index contributed by atoms with van der Waals surface area (Å²) in [6.07, 6.45) is 1.20. The molecule has 0 saturated carbocycles. The second kappa shape index (κ2) is 10.7. The predicted octanol–water partition coefficient (Wildman–Crippen LogP) is 1.49. The first-order valence-corrected chi connectivity index (χ1v) is 12.7. The zero-order valence-corrected chi connectivity index (χ0v) is 21.0. The van der Waals surface area contributed by atoms with E-state index in [-0.39, 0.29) is 18.2 Å². The van der Waals surface area contributed by atoms with E-state index in [4.69, 9.17) is 4.74 Å². The third-order valence-electron chi connectivity index (χ3n) is 7.41. The lowest BCUT2D eigenvalue weighted by Crippen LogP contribution is -2.52. The van der Waals surface area contributed by atoms with E-state index in [9.17, 15) is 24.3 Å². The standard InChI is InChI=1S/C28H30N4O6/c1-38-24-8-4-7-20-19(24)14-22(30-20)28(37)32-12-10-16-5-2-3-6-18(16)25(32)27(36)31-21(23(34)15-33)13-17-9-11-29-26(17)35/h2-8,14,17,21,25,30,33H,9-13,15H2,1H3,(H,29,35)(H,31,36). The monoisotopic (exact) mass is 518 g/mol. The molecular formula is C28H30N4O6. The van der Waals surface area contributed by atoms with E-state index >= 15 is 0 Å². The molecule has 0 bridgehead atoms. The second-order valence-electron chi connectivity index (χ2n) is 9.65. The minimum atomic E-state index is -1.05. The summed E-state index contributed by atoms with van der Waals surface area (Å²) in [7, 11) is 1.56. The Bertz CT molecular complexity index is 1400. The predicted molar refractivity (Wildman–Crippen MR) is 139 cm³/mol. The van der Waals surface area contributed by atoms with Crippen molar-refractivity contribution in [2.45, 2.75) is 31.3 Å². The molecule has 2 aliphatic rings. The number of H-pyrrole nitrogens is 1. The van der Waals surface area contributed by atoms with Crippen molar-refractivity contribution in [1.82, 2.24) is 20.5 Å². The van der Waals surface area contributed by atoms with Crippen LogP contribution in [0.4, 0.5) is 0 Å². The summed E-state index contributed by atoms with van der Waals surface area (Å²) >= 11 is 0. The van der Waals surface area contributed by atoms with E-state index < -0.39 is 36.3 Å². The van der Waals surface area contributed by atoms with Gasteiger partial charge in [0.15, 0.2) is 5.78 Å². The van der Waals surface area contributed by atoms with Crippen molar-refractivity contribution in [2.75, 3.05) is 26.8 Å². The van der Waals surface area contributed by atoms with Crippen molar-refractivity contribution >= 4 is 34.4 Å². The van der Waals surface area contributed by atoms with Crippen LogP contribution in [0.15, 0.2) is 48.5 Å². The first-order chi connectivity index (χ1) is 18.4. The number of rotatable bonds is 8. The number of nitrogens with zero attached hydrogens (tertiary/aromatic N) is 1. The first-order valence-electron chi connectivity index (χ1n) is 12.7. The van der Waals surface area contributed by atoms with Gasteiger partial charge in [0.25, 0.3) is 5.91 Å². The van der Waals surface area contributed by atoms with Crippen LogP contribution in [0.5, 0.6) is 5.75 Å². The smallest absolute Gasteiger partial charge is 0.271 e. The lowest BCUT2D eigenvalue weighted by Gasteiger charge is -2.37. The summed E-state index contributed by atoms with van der Waals surface area (Å²) in [5.74, 6) is -1.47. The highest BCUT2D eigenvalue weighted by molar-refractivity contribution is 6.02. The maximum atomic E-state index is 13.8. The Balaban J connectivity index is 1.46. The van der Waals surface area contributed by atoms with Gasteiger partial charge in [0.2, 0.25) is 11.8 Å². The van der Waals surface area contributed by atoms with Gasteiger partial charge in [-0.1, -0.05) is 30.3 Å². The molecule has 2 aliphatic heterocycles. The molecule has 3 unspecified atom stereocenters. The zero-order chi connectivity index (χ0) is 26.8. The fraction of sp³-hybridized carbons (Fsp3) is 0.357. The molecule has 1 saturated heterocycles. The molecule has 1 fully saturated rings. The van der Waals surface area contributed by atoms with E-state index in [2.05, 4.69) is 15.6 Å². The van der Waals surface area contributed by atoms with E-state index in [1.54, 1.807) is 31.4 Å². The molecule has 3 amide bonds. The summed E-state index contributed by atoms with van der Waals surface area (Å²) < 4.78 is 5.42. The van der Waals surface area contributed by atoms with E-state index in [1.165, 1.54) is 4.90 Å². The van der Waals surface area contributed by atoms with Gasteiger partial charge in [-0.05, 0) is 48.6 Å². The number of aromatic nitrogens is 1. The molecule has 38 heavy (non-hydrogen) atoms. The highest BCUT2D eigenvalue weighted by Gasteiger charge is 2.39. The van der Waals surface area contributed by atoms with Crippen LogP contribution >= 0.6 is 0 Å². The largest absolute Gasteiger partial charge is 0.496 e. The van der Waals surface area contributed by atoms with Gasteiger partial charge in [-0.25, -0.2) is 0 Å². The van der Waals surface area contributed by atoms with Crippen molar-refractivity contribution in [3.05, 3.63) is 65.4 Å². The van der Waals surface area contributed by atoms with E-state index in [0.717, 1.165) is 16.5 Å². The summed E-state index contributed by atoms with van der Waals surface area (Å²) in [4.78, 5) is 56.9. The topological polar surface area (TPSA) is 141 Å². The number of ketones is 1. The number of nitrogens with one attached hydrogen (secondary N) is 3. The van der Waals surface area contributed by atoms with Crippen LogP contribution in [-0.4, -0.2) is 71.3 Å². The molecule has 4 N–H and O–H groups in total. The van der Waals surface area contributed by atoms with Crippen LogP contribution < -0.4 is 15.4 Å². The molecule has 0 radical (unpaired) electrons. The van der Waals surface area contributed by atoms with Crippen molar-refractivity contribution in [2.24, 2.45) is 5.92 Å². The van der Waals surface area contributed by atoms with Gasteiger partial charge < -0.3 is 30.4 Å². The number of aliphatic hydroxyl groups excluding tert-OH is 1. The molecule has 5 rings (SSSR count). The number of methoxy groups -OCH3 is 1. The van der Waals surface area contributed by atoms with Gasteiger partial charge in [-0.2, -0.15) is 0 Å². The molecule has 0 spiro atoms. The Morgan fingerprint density at radius 2 is 2.00 bits per heavy atom. The van der Waals surface area contributed by atoms with Crippen LogP contribution in [0.2, 0.25) is 0 Å². The van der Waals surface area contributed by atoms with Crippen molar-refractivity contribution in [1.29, 1.82) is 0 Å². The number of amides is 3. The van der Waals surface area contributed by atoms with Gasteiger partial charge >= 0.3 is 0 Å². The second-order valence-corrected chi connectivity index (χ2v) is 9.65. The number of aromatic amines is 1. The molecule has 10 heteroatoms. The van der Waals surface area contributed by atoms with Gasteiger partial charge in [0, 0.05) is 29.9 Å². The molecule has 3 atom stereocenters. The zero-order valence-electron chi connectivity index (χ0n) is 21.0. The third kappa shape index (κ3) is 4.74. The van der Waals surface area contributed by atoms with Crippen LogP contribution in [0.1, 0.15) is 40.5 Å². The molecule has 198 valence electrons. The van der Waals surface area contributed by atoms with Gasteiger partial charge in [-0.3, -0.25) is 19.2 Å². The highest BCUT2D eigenvalue weighted by Crippen LogP contribution is 2.33. The molecule has 0 aliphatic carbocycles. The number of fused-ring (bicyclic) bond motifs is 2. The number of hydrogen-bond acceptors (Lipinski definition) is 6. The maximum absolute atomic E-state index is 13.8. The summed E-state index contributed by atoms with van der Waals surface area (Å²) in [6.45, 7) is 0.0369.